The molecule has 0 heterocycles. The third-order valence-corrected chi connectivity index (χ3v) is 2.73. The van der Waals surface area contributed by atoms with Crippen LogP contribution in [0, 0.1) is 0 Å². The number of rotatable bonds is 7. The molecule has 0 aliphatic heterocycles. The van der Waals surface area contributed by atoms with Gasteiger partial charge in [0.1, 0.15) is 0 Å². The van der Waals surface area contributed by atoms with Crippen LogP contribution in [-0.4, -0.2) is 0 Å². The Morgan fingerprint density at radius 2 is 1.35 bits per heavy atom. The van der Waals surface area contributed by atoms with Crippen molar-refractivity contribution in [3.05, 3.63) is 70.9 Å². The maximum atomic E-state index is 2.29. The molecule has 0 aliphatic carbocycles. The molecule has 0 aliphatic rings. The molecule has 0 N–H and O–H groups in total. The monoisotopic (exact) mass is 270 g/mol. The molecule has 0 bridgehead atoms. The molecule has 20 heavy (non-hydrogen) atoms. The highest BCUT2D eigenvalue weighted by molar-refractivity contribution is 5.26. The van der Waals surface area contributed by atoms with Gasteiger partial charge in [0.05, 0.1) is 0 Å². The standard InChI is InChI=1S/C20H30/c1-17(2)11-9-15-19(5)13-7-8-14-20(6)16-10-12-18(3)4/h7-9,11-15H,10,16H2,1-6H3/b8-7+,15-9+,19-13+,20-14+. The minimum Gasteiger partial charge on any atom is -0.0856 e. The first-order valence-electron chi connectivity index (χ1n) is 7.37. The highest BCUT2D eigenvalue weighted by atomic mass is 13.9. The van der Waals surface area contributed by atoms with Gasteiger partial charge in [-0.3, -0.25) is 0 Å². The highest BCUT2D eigenvalue weighted by Crippen LogP contribution is 2.07. The van der Waals surface area contributed by atoms with E-state index in [1.807, 2.05) is 0 Å². The van der Waals surface area contributed by atoms with Crippen molar-refractivity contribution >= 4 is 0 Å². The van der Waals surface area contributed by atoms with Gasteiger partial charge in [0.25, 0.3) is 0 Å². The van der Waals surface area contributed by atoms with Crippen molar-refractivity contribution in [3.8, 4) is 0 Å². The fraction of sp³-hybridized carbons (Fsp3) is 0.400. The fourth-order valence-electron chi connectivity index (χ4n) is 1.55. The first-order chi connectivity index (χ1) is 9.41. The van der Waals surface area contributed by atoms with E-state index >= 15 is 0 Å². The van der Waals surface area contributed by atoms with Gasteiger partial charge in [-0.1, -0.05) is 70.9 Å². The second-order valence-corrected chi connectivity index (χ2v) is 5.73. The Bertz CT molecular complexity index is 440. The average Bonchev–Trinajstić information content (AvgIpc) is 2.33. The molecule has 0 aromatic heterocycles. The summed E-state index contributed by atoms with van der Waals surface area (Å²) in [5, 5.41) is 0. The van der Waals surface area contributed by atoms with Crippen molar-refractivity contribution in [1.29, 1.82) is 0 Å². The van der Waals surface area contributed by atoms with Crippen LogP contribution in [0.25, 0.3) is 0 Å². The van der Waals surface area contributed by atoms with E-state index in [-0.39, 0.29) is 0 Å². The molecule has 0 saturated heterocycles. The van der Waals surface area contributed by atoms with Crippen molar-refractivity contribution < 1.29 is 0 Å². The zero-order chi connectivity index (χ0) is 15.4. The average molecular weight is 270 g/mol. The Hall–Kier alpha value is -1.56. The van der Waals surface area contributed by atoms with Crippen molar-refractivity contribution in [2.45, 2.75) is 54.4 Å². The molecular weight excluding hydrogens is 240 g/mol. The minimum absolute atomic E-state index is 1.14. The highest BCUT2D eigenvalue weighted by Gasteiger charge is 1.86. The molecule has 0 spiro atoms. The molecule has 110 valence electrons. The molecular formula is C20H30. The molecule has 0 heteroatoms. The molecule has 0 atom stereocenters. The Labute approximate surface area is 126 Å². The van der Waals surface area contributed by atoms with E-state index in [9.17, 15) is 0 Å². The van der Waals surface area contributed by atoms with Gasteiger partial charge in [0, 0.05) is 0 Å². The Morgan fingerprint density at radius 3 is 1.95 bits per heavy atom. The third kappa shape index (κ3) is 12.9. The maximum absolute atomic E-state index is 2.29. The van der Waals surface area contributed by atoms with E-state index in [1.54, 1.807) is 0 Å². The van der Waals surface area contributed by atoms with Gasteiger partial charge < -0.3 is 0 Å². The van der Waals surface area contributed by atoms with Crippen LogP contribution in [0.4, 0.5) is 0 Å². The predicted molar refractivity (Wildman–Crippen MR) is 93.9 cm³/mol. The number of hydrogen-bond acceptors (Lipinski definition) is 0. The Balaban J connectivity index is 4.26. The smallest absolute Gasteiger partial charge is 0.0285 e. The van der Waals surface area contributed by atoms with Gasteiger partial charge in [0.2, 0.25) is 0 Å². The summed E-state index contributed by atoms with van der Waals surface area (Å²) in [5.41, 5.74) is 5.40. The molecule has 0 radical (unpaired) electrons. The summed E-state index contributed by atoms with van der Waals surface area (Å²) in [6.07, 6.45) is 19.5. The first-order valence-corrected chi connectivity index (χ1v) is 7.37. The van der Waals surface area contributed by atoms with Gasteiger partial charge in [-0.15, -0.1) is 0 Å². The zero-order valence-electron chi connectivity index (χ0n) is 14.0. The summed E-state index contributed by atoms with van der Waals surface area (Å²) in [6, 6.07) is 0. The number of hydrogen-bond donors (Lipinski definition) is 0. The Morgan fingerprint density at radius 1 is 0.700 bits per heavy atom. The maximum Gasteiger partial charge on any atom is -0.0285 e. The molecule has 0 aromatic carbocycles. The molecule has 0 amide bonds. The third-order valence-electron chi connectivity index (χ3n) is 2.73. The van der Waals surface area contributed by atoms with Crippen molar-refractivity contribution in [2.24, 2.45) is 0 Å². The van der Waals surface area contributed by atoms with Crippen molar-refractivity contribution in [2.75, 3.05) is 0 Å². The van der Waals surface area contributed by atoms with Crippen LogP contribution < -0.4 is 0 Å². The van der Waals surface area contributed by atoms with Crippen molar-refractivity contribution in [3.63, 3.8) is 0 Å². The molecule has 0 aromatic rings. The van der Waals surface area contributed by atoms with Crippen LogP contribution in [0.5, 0.6) is 0 Å². The van der Waals surface area contributed by atoms with Crippen LogP contribution in [0.3, 0.4) is 0 Å². The van der Waals surface area contributed by atoms with Crippen LogP contribution in [0.15, 0.2) is 70.9 Å². The van der Waals surface area contributed by atoms with Gasteiger partial charge in [-0.05, 0) is 54.4 Å². The minimum atomic E-state index is 1.14. The normalized spacial score (nSPS) is 13.1. The Kier molecular flexibility index (Phi) is 10.4. The summed E-state index contributed by atoms with van der Waals surface area (Å²) < 4.78 is 0. The summed E-state index contributed by atoms with van der Waals surface area (Å²) in [7, 11) is 0. The topological polar surface area (TPSA) is 0 Å². The molecule has 0 rings (SSSR count). The van der Waals surface area contributed by atoms with E-state index < -0.39 is 0 Å². The lowest BCUT2D eigenvalue weighted by atomic mass is 10.1. The van der Waals surface area contributed by atoms with Gasteiger partial charge >= 0.3 is 0 Å². The second kappa shape index (κ2) is 11.3. The molecule has 0 unspecified atom stereocenters. The van der Waals surface area contributed by atoms with Gasteiger partial charge in [0.15, 0.2) is 0 Å². The molecule has 0 fully saturated rings. The second-order valence-electron chi connectivity index (χ2n) is 5.73. The molecule has 0 nitrogen and oxygen atoms in total. The summed E-state index contributed by atoms with van der Waals surface area (Å²) in [4.78, 5) is 0. The summed E-state index contributed by atoms with van der Waals surface area (Å²) >= 11 is 0. The van der Waals surface area contributed by atoms with Crippen LogP contribution in [-0.2, 0) is 0 Å². The fourth-order valence-corrected chi connectivity index (χ4v) is 1.55. The summed E-state index contributed by atoms with van der Waals surface area (Å²) in [6.45, 7) is 12.8. The van der Waals surface area contributed by atoms with Crippen molar-refractivity contribution in [1.82, 2.24) is 0 Å². The largest absolute Gasteiger partial charge is 0.0856 e. The van der Waals surface area contributed by atoms with Gasteiger partial charge in [-0.2, -0.15) is 0 Å². The van der Waals surface area contributed by atoms with E-state index in [0.717, 1.165) is 12.8 Å². The predicted octanol–water partition coefficient (Wildman–Crippen LogP) is 6.70. The van der Waals surface area contributed by atoms with Crippen LogP contribution in [0.1, 0.15) is 54.4 Å². The summed E-state index contributed by atoms with van der Waals surface area (Å²) in [5.74, 6) is 0. The lowest BCUT2D eigenvalue weighted by molar-refractivity contribution is 0.967. The number of allylic oxidation sites excluding steroid dienone is 12. The van der Waals surface area contributed by atoms with Crippen LogP contribution in [0.2, 0.25) is 0 Å². The van der Waals surface area contributed by atoms with Gasteiger partial charge in [-0.25, -0.2) is 0 Å². The lowest BCUT2D eigenvalue weighted by Gasteiger charge is -1.96. The van der Waals surface area contributed by atoms with E-state index in [4.69, 9.17) is 0 Å². The van der Waals surface area contributed by atoms with Crippen LogP contribution >= 0.6 is 0 Å². The van der Waals surface area contributed by atoms with E-state index in [0.29, 0.717) is 0 Å². The lowest BCUT2D eigenvalue weighted by Crippen LogP contribution is -1.75. The quantitative estimate of drug-likeness (QED) is 0.356. The van der Waals surface area contributed by atoms with E-state index in [2.05, 4.69) is 90.2 Å². The zero-order valence-corrected chi connectivity index (χ0v) is 14.0. The molecule has 0 saturated carbocycles. The van der Waals surface area contributed by atoms with E-state index in [1.165, 1.54) is 22.3 Å². The first kappa shape index (κ1) is 18.4. The SMILES string of the molecule is CC(C)=C/C=C/C(C)=C/C=C/C=C(\C)CCC=C(C)C.